The largest absolute Gasteiger partial charge is 0.478 e. The fourth-order valence-corrected chi connectivity index (χ4v) is 3.92. The molecule has 3 rings (SSSR count). The highest BCUT2D eigenvalue weighted by Gasteiger charge is 2.38. The Bertz CT molecular complexity index is 844. The summed E-state index contributed by atoms with van der Waals surface area (Å²) < 4.78 is 0. The van der Waals surface area contributed by atoms with Gasteiger partial charge in [0.25, 0.3) is 0 Å². The lowest BCUT2D eigenvalue weighted by Crippen LogP contribution is -2.55. The average Bonchev–Trinajstić information content (AvgIpc) is 3.16. The number of carbonyl (C=O) groups is 2. The molecule has 0 aromatic carbocycles. The normalized spacial score (nSPS) is 23.3. The molecule has 9 heteroatoms. The smallest absolute Gasteiger partial charge is 0.335 e. The number of anilines is 1. The number of carbonyl (C=O) groups excluding carboxylic acids is 1. The Morgan fingerprint density at radius 2 is 1.90 bits per heavy atom. The van der Waals surface area contributed by atoms with Crippen molar-refractivity contribution >= 4 is 17.7 Å². The molecule has 0 bridgehead atoms. The number of nitriles is 2. The fourth-order valence-electron chi connectivity index (χ4n) is 3.92. The van der Waals surface area contributed by atoms with Gasteiger partial charge < -0.3 is 20.2 Å². The van der Waals surface area contributed by atoms with Gasteiger partial charge in [-0.2, -0.15) is 10.5 Å². The Kier molecular flexibility index (Phi) is 6.00. The minimum atomic E-state index is -0.982. The van der Waals surface area contributed by atoms with Gasteiger partial charge in [-0.3, -0.25) is 4.79 Å². The van der Waals surface area contributed by atoms with Crippen LogP contribution in [0.2, 0.25) is 0 Å². The molecule has 0 spiro atoms. The minimum Gasteiger partial charge on any atom is -0.478 e. The highest BCUT2D eigenvalue weighted by atomic mass is 16.4. The SMILES string of the molecule is CC1(NCC(=O)N2C(C#N)CC[C@@H]2C#N)CCN(c2cc(C(=O)O)ccn2)CC1. The number of carboxylic acid groups (broad SMARTS) is 1. The van der Waals surface area contributed by atoms with Gasteiger partial charge in [0.2, 0.25) is 5.91 Å². The number of hydrogen-bond acceptors (Lipinski definition) is 7. The van der Waals surface area contributed by atoms with E-state index in [0.717, 1.165) is 12.8 Å². The van der Waals surface area contributed by atoms with E-state index in [4.69, 9.17) is 5.11 Å². The summed E-state index contributed by atoms with van der Waals surface area (Å²) >= 11 is 0. The Hall–Kier alpha value is -3.17. The number of hydrogen-bond donors (Lipinski definition) is 2. The van der Waals surface area contributed by atoms with Crippen LogP contribution in [0.25, 0.3) is 0 Å². The van der Waals surface area contributed by atoms with Crippen LogP contribution in [-0.4, -0.2) is 64.1 Å². The summed E-state index contributed by atoms with van der Waals surface area (Å²) in [5.74, 6) is -0.571. The number of pyridine rings is 1. The van der Waals surface area contributed by atoms with E-state index in [1.165, 1.54) is 17.2 Å². The molecule has 0 saturated carbocycles. The number of carboxylic acids is 1. The molecule has 2 fully saturated rings. The van der Waals surface area contributed by atoms with Crippen molar-refractivity contribution in [2.24, 2.45) is 0 Å². The molecular formula is C20H24N6O3. The molecule has 0 aliphatic carbocycles. The summed E-state index contributed by atoms with van der Waals surface area (Å²) in [5.41, 5.74) is -0.0580. The van der Waals surface area contributed by atoms with Crippen LogP contribution in [0, 0.1) is 22.7 Å². The van der Waals surface area contributed by atoms with Crippen molar-refractivity contribution in [3.05, 3.63) is 23.9 Å². The fraction of sp³-hybridized carbons (Fsp3) is 0.550. The Balaban J connectivity index is 1.56. The third-order valence-corrected chi connectivity index (χ3v) is 5.82. The molecular weight excluding hydrogens is 372 g/mol. The first-order valence-corrected chi connectivity index (χ1v) is 9.66. The van der Waals surface area contributed by atoms with Gasteiger partial charge in [-0.05, 0) is 44.7 Å². The molecule has 152 valence electrons. The van der Waals surface area contributed by atoms with Crippen LogP contribution < -0.4 is 10.2 Å². The van der Waals surface area contributed by atoms with E-state index in [-0.39, 0.29) is 23.6 Å². The highest BCUT2D eigenvalue weighted by Crippen LogP contribution is 2.27. The molecule has 2 atom stereocenters. The number of nitrogens with zero attached hydrogens (tertiary/aromatic N) is 5. The van der Waals surface area contributed by atoms with Crippen molar-refractivity contribution in [2.75, 3.05) is 24.5 Å². The van der Waals surface area contributed by atoms with Gasteiger partial charge in [-0.1, -0.05) is 0 Å². The number of aromatic nitrogens is 1. The lowest BCUT2D eigenvalue weighted by atomic mass is 9.89. The maximum Gasteiger partial charge on any atom is 0.335 e. The lowest BCUT2D eigenvalue weighted by Gasteiger charge is -2.41. The Labute approximate surface area is 169 Å². The molecule has 1 aromatic rings. The predicted molar refractivity (Wildman–Crippen MR) is 104 cm³/mol. The zero-order valence-corrected chi connectivity index (χ0v) is 16.3. The molecule has 9 nitrogen and oxygen atoms in total. The molecule has 2 aliphatic heterocycles. The van der Waals surface area contributed by atoms with E-state index in [2.05, 4.69) is 22.4 Å². The minimum absolute atomic E-state index is 0.0829. The van der Waals surface area contributed by atoms with Crippen LogP contribution in [0.3, 0.4) is 0 Å². The van der Waals surface area contributed by atoms with Crippen LogP contribution in [-0.2, 0) is 4.79 Å². The van der Waals surface area contributed by atoms with Crippen molar-refractivity contribution in [3.8, 4) is 12.1 Å². The zero-order valence-electron chi connectivity index (χ0n) is 16.3. The van der Waals surface area contributed by atoms with Crippen molar-refractivity contribution in [1.29, 1.82) is 10.5 Å². The van der Waals surface area contributed by atoms with E-state index in [1.54, 1.807) is 6.07 Å². The van der Waals surface area contributed by atoms with Crippen LogP contribution in [0.1, 0.15) is 43.0 Å². The zero-order chi connectivity index (χ0) is 21.0. The maximum absolute atomic E-state index is 12.6. The summed E-state index contributed by atoms with van der Waals surface area (Å²) in [7, 11) is 0. The summed E-state index contributed by atoms with van der Waals surface area (Å²) in [5, 5.41) is 30.9. The molecule has 2 aliphatic rings. The number of piperidine rings is 1. The van der Waals surface area contributed by atoms with E-state index >= 15 is 0 Å². The lowest BCUT2D eigenvalue weighted by molar-refractivity contribution is -0.131. The Morgan fingerprint density at radius 3 is 2.45 bits per heavy atom. The first-order chi connectivity index (χ1) is 13.9. The van der Waals surface area contributed by atoms with E-state index < -0.39 is 18.1 Å². The third-order valence-electron chi connectivity index (χ3n) is 5.82. The van der Waals surface area contributed by atoms with E-state index in [0.29, 0.717) is 31.7 Å². The van der Waals surface area contributed by atoms with Gasteiger partial charge in [0.05, 0.1) is 24.2 Å². The van der Waals surface area contributed by atoms with E-state index in [1.807, 2.05) is 11.8 Å². The molecule has 1 aromatic heterocycles. The number of amides is 1. The molecule has 0 radical (unpaired) electrons. The van der Waals surface area contributed by atoms with Gasteiger partial charge in [-0.15, -0.1) is 0 Å². The van der Waals surface area contributed by atoms with Gasteiger partial charge in [0.15, 0.2) is 0 Å². The first-order valence-electron chi connectivity index (χ1n) is 9.66. The van der Waals surface area contributed by atoms with Crippen LogP contribution in [0.4, 0.5) is 5.82 Å². The van der Waals surface area contributed by atoms with Crippen LogP contribution in [0.5, 0.6) is 0 Å². The monoisotopic (exact) mass is 396 g/mol. The second kappa shape index (κ2) is 8.46. The van der Waals surface area contributed by atoms with Gasteiger partial charge in [0, 0.05) is 24.8 Å². The predicted octanol–water partition coefficient (Wildman–Crippen LogP) is 1.14. The molecule has 2 saturated heterocycles. The van der Waals surface area contributed by atoms with Crippen molar-refractivity contribution in [2.45, 2.75) is 50.2 Å². The summed E-state index contributed by atoms with van der Waals surface area (Å²) in [6, 6.07) is 6.20. The van der Waals surface area contributed by atoms with Gasteiger partial charge >= 0.3 is 5.97 Å². The molecule has 29 heavy (non-hydrogen) atoms. The van der Waals surface area contributed by atoms with E-state index in [9.17, 15) is 20.1 Å². The molecule has 1 unspecified atom stereocenters. The first kappa shape index (κ1) is 20.6. The summed E-state index contributed by atoms with van der Waals surface area (Å²) in [4.78, 5) is 31.5. The van der Waals surface area contributed by atoms with Crippen molar-refractivity contribution in [1.82, 2.24) is 15.2 Å². The number of likely N-dealkylation sites (tertiary alicyclic amines) is 1. The molecule has 1 amide bonds. The second-order valence-electron chi connectivity index (χ2n) is 7.78. The highest BCUT2D eigenvalue weighted by molar-refractivity contribution is 5.88. The molecule has 3 heterocycles. The third kappa shape index (κ3) is 4.47. The van der Waals surface area contributed by atoms with Gasteiger partial charge in [0.1, 0.15) is 17.9 Å². The standard InChI is InChI=1S/C20H24N6O3/c1-20(24-13-18(27)26-15(11-21)2-3-16(26)12-22)5-8-25(9-6-20)17-10-14(19(28)29)4-7-23-17/h4,7,10,15-16,24H,2-3,5-6,8-9,13H2,1H3,(H,28,29)/t15-,16?/m1/s1. The number of nitrogens with one attached hydrogen (secondary N) is 1. The van der Waals surface area contributed by atoms with Crippen LogP contribution in [0.15, 0.2) is 18.3 Å². The Morgan fingerprint density at radius 1 is 1.28 bits per heavy atom. The average molecular weight is 396 g/mol. The van der Waals surface area contributed by atoms with Crippen LogP contribution >= 0.6 is 0 Å². The maximum atomic E-state index is 12.6. The topological polar surface area (TPSA) is 133 Å². The molecule has 2 N–H and O–H groups in total. The quantitative estimate of drug-likeness (QED) is 0.757. The van der Waals surface area contributed by atoms with Crippen molar-refractivity contribution < 1.29 is 14.7 Å². The second-order valence-corrected chi connectivity index (χ2v) is 7.78. The number of aromatic carboxylic acids is 1. The van der Waals surface area contributed by atoms with Crippen molar-refractivity contribution in [3.63, 3.8) is 0 Å². The number of rotatable bonds is 5. The van der Waals surface area contributed by atoms with Gasteiger partial charge in [-0.25, -0.2) is 9.78 Å². The summed E-state index contributed by atoms with van der Waals surface area (Å²) in [6.07, 6.45) is 4.08. The summed E-state index contributed by atoms with van der Waals surface area (Å²) in [6.45, 7) is 3.49.